The van der Waals surface area contributed by atoms with Crippen LogP contribution in [0.25, 0.3) is 22.0 Å². The quantitative estimate of drug-likeness (QED) is 0.335. The first-order valence-corrected chi connectivity index (χ1v) is 12.2. The lowest BCUT2D eigenvalue weighted by atomic mass is 10.1. The number of halogens is 1. The number of rotatable bonds is 7. The summed E-state index contributed by atoms with van der Waals surface area (Å²) in [5.74, 6) is 1.38. The molecule has 0 spiro atoms. The number of carbonyl (C=O) groups excluding carboxylic acids is 1. The fraction of sp³-hybridized carbons (Fsp3) is 0.231. The van der Waals surface area contributed by atoms with Crippen molar-refractivity contribution in [3.05, 3.63) is 77.5 Å². The third-order valence-electron chi connectivity index (χ3n) is 6.74. The maximum absolute atomic E-state index is 13.8. The number of aromatic amines is 1. The third kappa shape index (κ3) is 4.24. The number of aryl methyl sites for hydroxylation is 1. The molecule has 1 aromatic carbocycles. The van der Waals surface area contributed by atoms with Crippen LogP contribution in [0.5, 0.6) is 0 Å². The van der Waals surface area contributed by atoms with Gasteiger partial charge in [-0.3, -0.25) is 14.6 Å². The zero-order valence-electron chi connectivity index (χ0n) is 20.3. The second-order valence-corrected chi connectivity index (χ2v) is 9.48. The van der Waals surface area contributed by atoms with E-state index in [-0.39, 0.29) is 11.9 Å². The largest absolute Gasteiger partial charge is 0.382 e. The first-order valence-electron chi connectivity index (χ1n) is 11.8. The second-order valence-electron chi connectivity index (χ2n) is 9.07. The molecule has 1 amide bonds. The van der Waals surface area contributed by atoms with Gasteiger partial charge in [0.2, 0.25) is 0 Å². The van der Waals surface area contributed by atoms with Crippen molar-refractivity contribution in [2.24, 2.45) is 7.05 Å². The highest BCUT2D eigenvalue weighted by Crippen LogP contribution is 2.34. The van der Waals surface area contributed by atoms with E-state index in [0.29, 0.717) is 36.2 Å². The van der Waals surface area contributed by atoms with Crippen LogP contribution in [0.2, 0.25) is 5.02 Å². The summed E-state index contributed by atoms with van der Waals surface area (Å²) in [6, 6.07) is 11.5. The highest BCUT2D eigenvalue weighted by molar-refractivity contribution is 6.33. The van der Waals surface area contributed by atoms with Gasteiger partial charge in [0.15, 0.2) is 0 Å². The maximum atomic E-state index is 13.8. The predicted molar refractivity (Wildman–Crippen MR) is 141 cm³/mol. The van der Waals surface area contributed by atoms with Crippen molar-refractivity contribution in [2.45, 2.75) is 19.1 Å². The molecule has 0 saturated heterocycles. The molecule has 10 nitrogen and oxygen atoms in total. The van der Waals surface area contributed by atoms with Gasteiger partial charge in [0.05, 0.1) is 35.6 Å². The molecule has 0 saturated carbocycles. The highest BCUT2D eigenvalue weighted by atomic mass is 35.5. The lowest BCUT2D eigenvalue weighted by molar-refractivity contribution is 0.0390. The number of fused-ring (bicyclic) bond motifs is 2. The van der Waals surface area contributed by atoms with Crippen LogP contribution in [0, 0.1) is 0 Å². The van der Waals surface area contributed by atoms with E-state index in [1.165, 1.54) is 0 Å². The van der Waals surface area contributed by atoms with E-state index in [1.54, 1.807) is 30.4 Å². The number of anilines is 2. The number of nitrogens with zero attached hydrogens (tertiary/aromatic N) is 6. The van der Waals surface area contributed by atoms with Gasteiger partial charge in [-0.15, -0.1) is 0 Å². The number of hydrogen-bond acceptors (Lipinski definition) is 6. The van der Waals surface area contributed by atoms with Crippen LogP contribution in [-0.2, 0) is 24.9 Å². The molecular formula is C26H25ClN8O2. The fourth-order valence-electron chi connectivity index (χ4n) is 4.87. The summed E-state index contributed by atoms with van der Waals surface area (Å²) in [5, 5.41) is 16.1. The average molecular weight is 517 g/mol. The maximum Gasteiger partial charge on any atom is 0.271 e. The number of hydrogen-bond donors (Lipinski definition) is 2. The Morgan fingerprint density at radius 3 is 2.95 bits per heavy atom. The number of benzene rings is 1. The number of amides is 1. The summed E-state index contributed by atoms with van der Waals surface area (Å²) in [6.45, 7) is 1.49. The van der Waals surface area contributed by atoms with E-state index in [9.17, 15) is 4.79 Å². The van der Waals surface area contributed by atoms with Crippen LogP contribution >= 0.6 is 11.6 Å². The Hall–Kier alpha value is -4.15. The minimum absolute atomic E-state index is 0.0570. The van der Waals surface area contributed by atoms with Gasteiger partial charge < -0.3 is 19.5 Å². The fourth-order valence-corrected chi connectivity index (χ4v) is 5.08. The molecule has 1 aliphatic rings. The molecule has 37 heavy (non-hydrogen) atoms. The summed E-state index contributed by atoms with van der Waals surface area (Å²) in [5.41, 5.74) is 4.21. The van der Waals surface area contributed by atoms with Gasteiger partial charge in [0.1, 0.15) is 17.3 Å². The zero-order chi connectivity index (χ0) is 25.5. The van der Waals surface area contributed by atoms with Crippen molar-refractivity contribution in [3.8, 4) is 11.1 Å². The molecule has 0 aliphatic carbocycles. The first kappa shape index (κ1) is 23.3. The molecule has 4 aromatic heterocycles. The Bertz CT molecular complexity index is 1600. The van der Waals surface area contributed by atoms with E-state index in [2.05, 4.69) is 25.6 Å². The first-order chi connectivity index (χ1) is 18.0. The molecule has 1 aliphatic heterocycles. The molecular weight excluding hydrogens is 492 g/mol. The van der Waals surface area contributed by atoms with E-state index in [4.69, 9.17) is 16.3 Å². The Labute approximate surface area is 217 Å². The van der Waals surface area contributed by atoms with Crippen LogP contribution < -0.4 is 5.32 Å². The number of aromatic nitrogens is 6. The molecule has 5 heterocycles. The molecule has 0 unspecified atom stereocenters. The number of H-pyrrole nitrogens is 1. The van der Waals surface area contributed by atoms with Gasteiger partial charge in [-0.2, -0.15) is 10.2 Å². The Morgan fingerprint density at radius 2 is 2.14 bits per heavy atom. The molecule has 11 heteroatoms. The number of pyridine rings is 1. The molecule has 2 N–H and O–H groups in total. The molecule has 5 aromatic rings. The van der Waals surface area contributed by atoms with Crippen molar-refractivity contribution in [1.29, 1.82) is 0 Å². The summed E-state index contributed by atoms with van der Waals surface area (Å²) in [4.78, 5) is 20.1. The minimum Gasteiger partial charge on any atom is -0.382 e. The van der Waals surface area contributed by atoms with Crippen molar-refractivity contribution in [2.75, 3.05) is 19.0 Å². The number of methoxy groups -OCH3 is 1. The van der Waals surface area contributed by atoms with Crippen LogP contribution in [0.15, 0.2) is 61.2 Å². The van der Waals surface area contributed by atoms with Crippen LogP contribution in [0.1, 0.15) is 16.1 Å². The van der Waals surface area contributed by atoms with Crippen LogP contribution in [0.3, 0.4) is 0 Å². The number of carbonyl (C=O) groups is 1. The van der Waals surface area contributed by atoms with Crippen molar-refractivity contribution < 1.29 is 9.53 Å². The van der Waals surface area contributed by atoms with Gasteiger partial charge in [-0.05, 0) is 23.8 Å². The molecule has 0 bridgehead atoms. The van der Waals surface area contributed by atoms with Gasteiger partial charge in [0, 0.05) is 62.2 Å². The lowest BCUT2D eigenvalue weighted by Gasteiger charge is -2.36. The number of nitrogens with one attached hydrogen (secondary N) is 2. The smallest absolute Gasteiger partial charge is 0.271 e. The topological polar surface area (TPSA) is 106 Å². The van der Waals surface area contributed by atoms with Crippen LogP contribution in [-0.4, -0.2) is 60.1 Å². The van der Waals surface area contributed by atoms with E-state index in [0.717, 1.165) is 33.4 Å². The molecule has 0 radical (unpaired) electrons. The average Bonchev–Trinajstić information content (AvgIpc) is 3.63. The monoisotopic (exact) mass is 516 g/mol. The highest BCUT2D eigenvalue weighted by Gasteiger charge is 2.33. The summed E-state index contributed by atoms with van der Waals surface area (Å²) in [6.07, 6.45) is 7.09. The molecule has 0 fully saturated rings. The number of ether oxygens (including phenoxy) is 1. The SMILES string of the molecule is COC[C@H]1Cn2cc(-c3cc(Nc4ccnn4C)ncc3Cl)cc2C(=O)N1Cc1cccc2[nH]ncc12. The minimum atomic E-state index is -0.123. The molecule has 1 atom stereocenters. The van der Waals surface area contributed by atoms with Gasteiger partial charge >= 0.3 is 0 Å². The predicted octanol–water partition coefficient (Wildman–Crippen LogP) is 4.23. The standard InChI is InChI=1S/C26H25ClN8O2/c1-33-25(6-7-30-33)31-24-9-19(21(27)11-28-24)17-8-23-26(36)35(18(15-37-2)14-34(23)12-17)13-16-4-3-5-22-20(16)10-29-32-22/h3-12,18H,13-15H2,1-2H3,(H,28,31)(H,29,32)/t18-/m1/s1. The second kappa shape index (κ2) is 9.38. The van der Waals surface area contributed by atoms with E-state index < -0.39 is 0 Å². The van der Waals surface area contributed by atoms with Crippen molar-refractivity contribution >= 4 is 40.0 Å². The summed E-state index contributed by atoms with van der Waals surface area (Å²) in [7, 11) is 3.51. The third-order valence-corrected chi connectivity index (χ3v) is 7.04. The van der Waals surface area contributed by atoms with E-state index >= 15 is 0 Å². The molecule has 188 valence electrons. The zero-order valence-corrected chi connectivity index (χ0v) is 21.1. The Morgan fingerprint density at radius 1 is 1.24 bits per heavy atom. The Balaban J connectivity index is 1.33. The van der Waals surface area contributed by atoms with Gasteiger partial charge in [-0.1, -0.05) is 23.7 Å². The lowest BCUT2D eigenvalue weighted by Crippen LogP contribution is -2.49. The summed E-state index contributed by atoms with van der Waals surface area (Å²) >= 11 is 6.56. The van der Waals surface area contributed by atoms with Gasteiger partial charge in [-0.25, -0.2) is 4.98 Å². The Kier molecular flexibility index (Phi) is 5.90. The normalized spacial score (nSPS) is 15.4. The van der Waals surface area contributed by atoms with E-state index in [1.807, 2.05) is 59.1 Å². The molecule has 6 rings (SSSR count). The van der Waals surface area contributed by atoms with Crippen molar-refractivity contribution in [3.63, 3.8) is 0 Å². The van der Waals surface area contributed by atoms with Crippen molar-refractivity contribution in [1.82, 2.24) is 34.4 Å². The van der Waals surface area contributed by atoms with Crippen LogP contribution in [0.4, 0.5) is 11.6 Å². The summed E-state index contributed by atoms with van der Waals surface area (Å²) < 4.78 is 9.21. The van der Waals surface area contributed by atoms with Gasteiger partial charge in [0.25, 0.3) is 5.91 Å².